The van der Waals surface area contributed by atoms with Gasteiger partial charge in [0.25, 0.3) is 11.5 Å². The van der Waals surface area contributed by atoms with E-state index in [-0.39, 0.29) is 18.1 Å². The van der Waals surface area contributed by atoms with Crippen LogP contribution in [0.3, 0.4) is 0 Å². The van der Waals surface area contributed by atoms with E-state index < -0.39 is 6.04 Å². The van der Waals surface area contributed by atoms with Gasteiger partial charge in [0.05, 0.1) is 18.2 Å². The average molecular weight is 308 g/mol. The van der Waals surface area contributed by atoms with Crippen molar-refractivity contribution in [3.63, 3.8) is 0 Å². The summed E-state index contributed by atoms with van der Waals surface area (Å²) in [6.07, 6.45) is 1.40. The van der Waals surface area contributed by atoms with E-state index in [1.54, 1.807) is 24.3 Å². The number of hydrogen-bond acceptors (Lipinski definition) is 3. The van der Waals surface area contributed by atoms with Crippen molar-refractivity contribution in [1.82, 2.24) is 10.3 Å². The van der Waals surface area contributed by atoms with Crippen molar-refractivity contribution in [1.29, 1.82) is 0 Å². The highest BCUT2D eigenvalue weighted by Gasteiger charge is 2.17. The van der Waals surface area contributed by atoms with E-state index in [0.29, 0.717) is 16.3 Å². The van der Waals surface area contributed by atoms with Crippen molar-refractivity contribution in [2.75, 3.05) is 6.61 Å². The van der Waals surface area contributed by atoms with Gasteiger partial charge in [-0.25, -0.2) is 0 Å². The van der Waals surface area contributed by atoms with Crippen molar-refractivity contribution in [2.45, 2.75) is 6.04 Å². The van der Waals surface area contributed by atoms with Gasteiger partial charge in [0.2, 0.25) is 0 Å². The number of aliphatic hydroxyl groups excluding tert-OH is 1. The summed E-state index contributed by atoms with van der Waals surface area (Å²) in [5.41, 5.74) is 0.950. The number of pyridine rings is 1. The SMILES string of the molecule is O=C(NC(CO)c1ccccc1)c1c[nH]c(=O)c2ccccc12. The molecule has 3 aromatic rings. The van der Waals surface area contributed by atoms with Crippen LogP contribution in [0.25, 0.3) is 10.8 Å². The van der Waals surface area contributed by atoms with Crippen LogP contribution in [0.1, 0.15) is 22.0 Å². The van der Waals surface area contributed by atoms with Gasteiger partial charge in [-0.2, -0.15) is 0 Å². The summed E-state index contributed by atoms with van der Waals surface area (Å²) in [6.45, 7) is -0.211. The maximum atomic E-state index is 12.6. The number of benzene rings is 2. The molecule has 0 fully saturated rings. The van der Waals surface area contributed by atoms with Crippen LogP contribution >= 0.6 is 0 Å². The van der Waals surface area contributed by atoms with Gasteiger partial charge in [-0.1, -0.05) is 48.5 Å². The molecule has 0 bridgehead atoms. The zero-order valence-corrected chi connectivity index (χ0v) is 12.3. The molecule has 0 radical (unpaired) electrons. The van der Waals surface area contributed by atoms with E-state index in [1.807, 2.05) is 30.3 Å². The second-order valence-corrected chi connectivity index (χ2v) is 5.20. The molecule has 1 unspecified atom stereocenters. The van der Waals surface area contributed by atoms with E-state index in [1.165, 1.54) is 6.20 Å². The number of aliphatic hydroxyl groups is 1. The summed E-state index contributed by atoms with van der Waals surface area (Å²) < 4.78 is 0. The van der Waals surface area contributed by atoms with Crippen molar-refractivity contribution >= 4 is 16.7 Å². The molecule has 0 saturated heterocycles. The first-order valence-electron chi connectivity index (χ1n) is 7.28. The van der Waals surface area contributed by atoms with E-state index in [9.17, 15) is 14.7 Å². The summed E-state index contributed by atoms with van der Waals surface area (Å²) in [5.74, 6) is -0.347. The Morgan fingerprint density at radius 1 is 1.04 bits per heavy atom. The number of rotatable bonds is 4. The summed E-state index contributed by atoms with van der Waals surface area (Å²) in [6, 6.07) is 15.7. The monoisotopic (exact) mass is 308 g/mol. The van der Waals surface area contributed by atoms with Crippen LogP contribution in [0.4, 0.5) is 0 Å². The molecule has 0 aliphatic heterocycles. The molecule has 3 rings (SSSR count). The van der Waals surface area contributed by atoms with E-state index in [0.717, 1.165) is 5.56 Å². The Morgan fingerprint density at radius 2 is 1.70 bits per heavy atom. The van der Waals surface area contributed by atoms with Gasteiger partial charge in [0.1, 0.15) is 0 Å². The molecular formula is C18H16N2O3. The van der Waals surface area contributed by atoms with Crippen LogP contribution in [0, 0.1) is 0 Å². The molecule has 116 valence electrons. The molecule has 5 nitrogen and oxygen atoms in total. The summed E-state index contributed by atoms with van der Waals surface area (Å²) in [5, 5.41) is 13.4. The van der Waals surface area contributed by atoms with E-state index >= 15 is 0 Å². The normalized spacial score (nSPS) is 12.0. The van der Waals surface area contributed by atoms with Gasteiger partial charge in [-0.05, 0) is 11.6 Å². The molecular weight excluding hydrogens is 292 g/mol. The molecule has 0 aliphatic carbocycles. The number of aromatic amines is 1. The first kappa shape index (κ1) is 15.0. The Morgan fingerprint density at radius 3 is 2.39 bits per heavy atom. The third-order valence-corrected chi connectivity index (χ3v) is 3.74. The van der Waals surface area contributed by atoms with Crippen LogP contribution in [-0.2, 0) is 0 Å². The largest absolute Gasteiger partial charge is 0.394 e. The molecule has 0 spiro atoms. The predicted molar refractivity (Wildman–Crippen MR) is 88.3 cm³/mol. The highest BCUT2D eigenvalue weighted by Crippen LogP contribution is 2.17. The first-order valence-corrected chi connectivity index (χ1v) is 7.28. The molecule has 5 heteroatoms. The van der Waals surface area contributed by atoms with Gasteiger partial charge >= 0.3 is 0 Å². The lowest BCUT2D eigenvalue weighted by atomic mass is 10.0. The average Bonchev–Trinajstić information content (AvgIpc) is 2.61. The molecule has 3 N–H and O–H groups in total. The smallest absolute Gasteiger partial charge is 0.255 e. The van der Waals surface area contributed by atoms with Crippen molar-refractivity contribution < 1.29 is 9.90 Å². The van der Waals surface area contributed by atoms with E-state index in [2.05, 4.69) is 10.3 Å². The maximum absolute atomic E-state index is 12.6. The van der Waals surface area contributed by atoms with Gasteiger partial charge in [-0.15, -0.1) is 0 Å². The van der Waals surface area contributed by atoms with Crippen LogP contribution in [0.2, 0.25) is 0 Å². The summed E-state index contributed by atoms with van der Waals surface area (Å²) in [7, 11) is 0. The predicted octanol–water partition coefficient (Wildman–Crippen LogP) is 1.99. The third-order valence-electron chi connectivity index (χ3n) is 3.74. The lowest BCUT2D eigenvalue weighted by Crippen LogP contribution is -2.31. The number of carbonyl (C=O) groups is 1. The highest BCUT2D eigenvalue weighted by atomic mass is 16.3. The lowest BCUT2D eigenvalue weighted by Gasteiger charge is -2.17. The van der Waals surface area contributed by atoms with Gasteiger partial charge in [0.15, 0.2) is 0 Å². The van der Waals surface area contributed by atoms with E-state index in [4.69, 9.17) is 0 Å². The zero-order valence-electron chi connectivity index (χ0n) is 12.3. The second-order valence-electron chi connectivity index (χ2n) is 5.20. The molecule has 0 aliphatic rings. The molecule has 0 saturated carbocycles. The summed E-state index contributed by atoms with van der Waals surface area (Å²) >= 11 is 0. The molecule has 1 amide bonds. The van der Waals surface area contributed by atoms with Crippen molar-refractivity contribution in [2.24, 2.45) is 0 Å². The Balaban J connectivity index is 1.95. The lowest BCUT2D eigenvalue weighted by molar-refractivity contribution is 0.0917. The van der Waals surface area contributed by atoms with Crippen LogP contribution < -0.4 is 10.9 Å². The number of carbonyl (C=O) groups excluding carboxylic acids is 1. The van der Waals surface area contributed by atoms with Crippen LogP contribution in [0.15, 0.2) is 65.6 Å². The Hall–Kier alpha value is -2.92. The maximum Gasteiger partial charge on any atom is 0.255 e. The fourth-order valence-electron chi connectivity index (χ4n) is 2.55. The number of nitrogens with one attached hydrogen (secondary N) is 2. The van der Waals surface area contributed by atoms with Crippen molar-refractivity contribution in [3.8, 4) is 0 Å². The van der Waals surface area contributed by atoms with Crippen molar-refractivity contribution in [3.05, 3.63) is 82.3 Å². The van der Waals surface area contributed by atoms with Gasteiger partial charge < -0.3 is 15.4 Å². The molecule has 1 aromatic heterocycles. The standard InChI is InChI=1S/C18H16N2O3/c21-11-16(12-6-2-1-3-7-12)20-18(23)15-10-19-17(22)14-9-5-4-8-13(14)15/h1-10,16,21H,11H2,(H,19,22)(H,20,23). The fraction of sp³-hybridized carbons (Fsp3) is 0.111. The Labute approximate surface area is 132 Å². The quantitative estimate of drug-likeness (QED) is 0.689. The number of aromatic nitrogens is 1. The minimum absolute atomic E-state index is 0.211. The molecule has 1 heterocycles. The number of amides is 1. The zero-order chi connectivity index (χ0) is 16.2. The van der Waals surface area contributed by atoms with Gasteiger partial charge in [0, 0.05) is 17.0 Å². The van der Waals surface area contributed by atoms with Crippen LogP contribution in [0.5, 0.6) is 0 Å². The molecule has 23 heavy (non-hydrogen) atoms. The number of fused-ring (bicyclic) bond motifs is 1. The second kappa shape index (κ2) is 6.46. The number of H-pyrrole nitrogens is 1. The minimum atomic E-state index is -0.505. The fourth-order valence-corrected chi connectivity index (χ4v) is 2.55. The minimum Gasteiger partial charge on any atom is -0.394 e. The molecule has 2 aromatic carbocycles. The Kier molecular flexibility index (Phi) is 4.21. The number of hydrogen-bond donors (Lipinski definition) is 3. The third kappa shape index (κ3) is 3.00. The molecule has 1 atom stereocenters. The Bertz CT molecular complexity index is 887. The first-order chi connectivity index (χ1) is 11.2. The summed E-state index contributed by atoms with van der Waals surface area (Å²) in [4.78, 5) is 27.0. The van der Waals surface area contributed by atoms with Crippen LogP contribution in [-0.4, -0.2) is 22.6 Å². The highest BCUT2D eigenvalue weighted by molar-refractivity contribution is 6.06. The topological polar surface area (TPSA) is 82.2 Å². The van der Waals surface area contributed by atoms with Gasteiger partial charge in [-0.3, -0.25) is 9.59 Å².